The average molecular weight is 247 g/mol. The van der Waals surface area contributed by atoms with Crippen LogP contribution in [0.4, 0.5) is 0 Å². The Morgan fingerprint density at radius 2 is 1.89 bits per heavy atom. The van der Waals surface area contributed by atoms with E-state index >= 15 is 0 Å². The fraction of sp³-hybridized carbons (Fsp3) is 0.647. The molecule has 1 rings (SSSR count). The Kier molecular flexibility index (Phi) is 6.42. The molecule has 0 aliphatic heterocycles. The maximum Gasteiger partial charge on any atom is 0.0130 e. The molecule has 0 aliphatic rings. The molecule has 0 bridgehead atoms. The summed E-state index contributed by atoms with van der Waals surface area (Å²) in [6, 6.07) is 7.46. The molecule has 2 atom stereocenters. The van der Waals surface area contributed by atoms with Crippen molar-refractivity contribution in [2.75, 3.05) is 7.05 Å². The van der Waals surface area contributed by atoms with Crippen molar-refractivity contribution < 1.29 is 0 Å². The van der Waals surface area contributed by atoms with Crippen molar-refractivity contribution in [3.05, 3.63) is 34.9 Å². The van der Waals surface area contributed by atoms with Crippen LogP contribution in [-0.4, -0.2) is 13.1 Å². The van der Waals surface area contributed by atoms with Crippen molar-refractivity contribution in [1.29, 1.82) is 0 Å². The number of hydrogen-bond acceptors (Lipinski definition) is 1. The minimum absolute atomic E-state index is 0.596. The van der Waals surface area contributed by atoms with Gasteiger partial charge >= 0.3 is 0 Å². The number of rotatable bonds is 7. The molecule has 0 heterocycles. The summed E-state index contributed by atoms with van der Waals surface area (Å²) >= 11 is 0. The molecule has 0 saturated carbocycles. The third-order valence-electron chi connectivity index (χ3n) is 4.10. The molecule has 0 aliphatic carbocycles. The maximum absolute atomic E-state index is 3.49. The zero-order valence-corrected chi connectivity index (χ0v) is 12.7. The molecular weight excluding hydrogens is 218 g/mol. The van der Waals surface area contributed by atoms with Crippen molar-refractivity contribution in [2.24, 2.45) is 5.92 Å². The minimum Gasteiger partial charge on any atom is -0.316 e. The van der Waals surface area contributed by atoms with Gasteiger partial charge in [0.15, 0.2) is 0 Å². The number of benzene rings is 1. The molecule has 1 aromatic carbocycles. The summed E-state index contributed by atoms with van der Waals surface area (Å²) in [5.41, 5.74) is 4.25. The Bertz CT molecular complexity index is 357. The van der Waals surface area contributed by atoms with Gasteiger partial charge in [-0.25, -0.2) is 0 Å². The molecule has 0 saturated heterocycles. The largest absolute Gasteiger partial charge is 0.316 e. The van der Waals surface area contributed by atoms with E-state index in [0.29, 0.717) is 6.04 Å². The van der Waals surface area contributed by atoms with Gasteiger partial charge in [-0.15, -0.1) is 0 Å². The van der Waals surface area contributed by atoms with E-state index in [1.165, 1.54) is 36.0 Å². The first-order chi connectivity index (χ1) is 8.58. The van der Waals surface area contributed by atoms with E-state index in [0.717, 1.165) is 12.3 Å². The van der Waals surface area contributed by atoms with E-state index in [2.05, 4.69) is 58.3 Å². The molecule has 1 aromatic rings. The van der Waals surface area contributed by atoms with Crippen LogP contribution in [-0.2, 0) is 6.42 Å². The minimum atomic E-state index is 0.596. The summed E-state index contributed by atoms with van der Waals surface area (Å²) in [7, 11) is 2.09. The van der Waals surface area contributed by atoms with E-state index in [4.69, 9.17) is 0 Å². The van der Waals surface area contributed by atoms with Crippen LogP contribution in [0.5, 0.6) is 0 Å². The van der Waals surface area contributed by atoms with E-state index in [9.17, 15) is 0 Å². The van der Waals surface area contributed by atoms with Crippen LogP contribution in [0.3, 0.4) is 0 Å². The van der Waals surface area contributed by atoms with Crippen molar-refractivity contribution in [3.8, 4) is 0 Å². The summed E-state index contributed by atoms with van der Waals surface area (Å²) in [5, 5.41) is 3.49. The van der Waals surface area contributed by atoms with Gasteiger partial charge in [0, 0.05) is 6.04 Å². The van der Waals surface area contributed by atoms with Gasteiger partial charge in [0.05, 0.1) is 0 Å². The van der Waals surface area contributed by atoms with Gasteiger partial charge in [0.1, 0.15) is 0 Å². The summed E-state index contributed by atoms with van der Waals surface area (Å²) in [6.07, 6.45) is 5.10. The third kappa shape index (κ3) is 4.45. The van der Waals surface area contributed by atoms with Crippen LogP contribution < -0.4 is 5.32 Å². The molecule has 0 aromatic heterocycles. The molecule has 1 nitrogen and oxygen atoms in total. The molecule has 1 heteroatoms. The number of aryl methyl sites for hydroxylation is 2. The molecule has 102 valence electrons. The molecule has 0 fully saturated rings. The summed E-state index contributed by atoms with van der Waals surface area (Å²) < 4.78 is 0. The number of likely N-dealkylation sites (N-methyl/N-ethyl adjacent to an activating group) is 1. The zero-order chi connectivity index (χ0) is 13.5. The fourth-order valence-corrected chi connectivity index (χ4v) is 2.50. The van der Waals surface area contributed by atoms with Crippen molar-refractivity contribution >= 4 is 0 Å². The number of unbranched alkanes of at least 4 members (excludes halogenated alkanes) is 1. The highest BCUT2D eigenvalue weighted by Gasteiger charge is 2.15. The van der Waals surface area contributed by atoms with Crippen molar-refractivity contribution in [3.63, 3.8) is 0 Å². The molecule has 0 radical (unpaired) electrons. The lowest BCUT2D eigenvalue weighted by Crippen LogP contribution is -2.34. The van der Waals surface area contributed by atoms with Gasteiger partial charge in [-0.1, -0.05) is 44.9 Å². The van der Waals surface area contributed by atoms with Gasteiger partial charge < -0.3 is 5.32 Å². The predicted molar refractivity (Wildman–Crippen MR) is 81.2 cm³/mol. The average Bonchev–Trinajstić information content (AvgIpc) is 2.37. The van der Waals surface area contributed by atoms with E-state index in [-0.39, 0.29) is 0 Å². The first-order valence-electron chi connectivity index (χ1n) is 7.31. The van der Waals surface area contributed by atoms with E-state index in [1.807, 2.05) is 0 Å². The Labute approximate surface area is 113 Å². The van der Waals surface area contributed by atoms with Crippen LogP contribution in [0.25, 0.3) is 0 Å². The molecule has 1 N–H and O–H groups in total. The van der Waals surface area contributed by atoms with Crippen molar-refractivity contribution in [1.82, 2.24) is 5.32 Å². The smallest absolute Gasteiger partial charge is 0.0130 e. The number of hydrogen-bond donors (Lipinski definition) is 1. The SMILES string of the molecule is CCCCC(C)C(Cc1ccc(C)c(C)c1)NC. The summed E-state index contributed by atoms with van der Waals surface area (Å²) in [6.45, 7) is 9.02. The van der Waals surface area contributed by atoms with Gasteiger partial charge in [0.2, 0.25) is 0 Å². The second kappa shape index (κ2) is 7.58. The Morgan fingerprint density at radius 3 is 2.44 bits per heavy atom. The summed E-state index contributed by atoms with van der Waals surface area (Å²) in [5.74, 6) is 0.747. The highest BCUT2D eigenvalue weighted by atomic mass is 14.9. The quantitative estimate of drug-likeness (QED) is 0.759. The first-order valence-corrected chi connectivity index (χ1v) is 7.31. The van der Waals surface area contributed by atoms with Gasteiger partial charge in [-0.05, 0) is 56.3 Å². The third-order valence-corrected chi connectivity index (χ3v) is 4.10. The first kappa shape index (κ1) is 15.2. The summed E-state index contributed by atoms with van der Waals surface area (Å²) in [4.78, 5) is 0. The fourth-order valence-electron chi connectivity index (χ4n) is 2.50. The standard InChI is InChI=1S/C17H29N/c1-6-7-8-14(3)17(18-5)12-16-10-9-13(2)15(4)11-16/h9-11,14,17-18H,6-8,12H2,1-5H3. The Balaban J connectivity index is 2.64. The maximum atomic E-state index is 3.49. The van der Waals surface area contributed by atoms with Crippen LogP contribution in [0.2, 0.25) is 0 Å². The predicted octanol–water partition coefficient (Wildman–Crippen LogP) is 4.26. The lowest BCUT2D eigenvalue weighted by Gasteiger charge is -2.24. The van der Waals surface area contributed by atoms with E-state index < -0.39 is 0 Å². The zero-order valence-electron chi connectivity index (χ0n) is 12.7. The molecule has 2 unspecified atom stereocenters. The molecule has 18 heavy (non-hydrogen) atoms. The van der Waals surface area contributed by atoms with Crippen LogP contribution in [0.1, 0.15) is 49.8 Å². The molecular formula is C17H29N. The highest BCUT2D eigenvalue weighted by Crippen LogP contribution is 2.18. The lowest BCUT2D eigenvalue weighted by molar-refractivity contribution is 0.365. The molecule has 0 spiro atoms. The van der Waals surface area contributed by atoms with Crippen molar-refractivity contribution in [2.45, 2.75) is 59.4 Å². The van der Waals surface area contributed by atoms with Crippen LogP contribution in [0, 0.1) is 19.8 Å². The Hall–Kier alpha value is -0.820. The highest BCUT2D eigenvalue weighted by molar-refractivity contribution is 5.30. The number of nitrogens with one attached hydrogen (secondary N) is 1. The lowest BCUT2D eigenvalue weighted by atomic mass is 9.90. The second-order valence-corrected chi connectivity index (χ2v) is 5.64. The molecule has 0 amide bonds. The Morgan fingerprint density at radius 1 is 1.17 bits per heavy atom. The second-order valence-electron chi connectivity index (χ2n) is 5.64. The van der Waals surface area contributed by atoms with Gasteiger partial charge in [-0.3, -0.25) is 0 Å². The van der Waals surface area contributed by atoms with Gasteiger partial charge in [0.25, 0.3) is 0 Å². The van der Waals surface area contributed by atoms with Crippen LogP contribution >= 0.6 is 0 Å². The van der Waals surface area contributed by atoms with E-state index in [1.54, 1.807) is 0 Å². The normalized spacial score (nSPS) is 14.5. The van der Waals surface area contributed by atoms with Crippen LogP contribution in [0.15, 0.2) is 18.2 Å². The monoisotopic (exact) mass is 247 g/mol. The van der Waals surface area contributed by atoms with Gasteiger partial charge in [-0.2, -0.15) is 0 Å². The topological polar surface area (TPSA) is 12.0 Å².